The van der Waals surface area contributed by atoms with Crippen molar-refractivity contribution in [2.45, 2.75) is 0 Å². The minimum atomic E-state index is -0.402. The highest BCUT2D eigenvalue weighted by molar-refractivity contribution is 7.80. The van der Waals surface area contributed by atoms with Crippen molar-refractivity contribution < 1.29 is 18.0 Å². The molecule has 0 aliphatic rings. The number of hydrogen-bond donors (Lipinski definition) is 2. The van der Waals surface area contributed by atoms with E-state index in [0.29, 0.717) is 39.8 Å². The molecular weight excluding hydrogens is 465 g/mol. The average Bonchev–Trinajstić information content (AvgIpc) is 3.51. The predicted octanol–water partition coefficient (Wildman–Crippen LogP) is 6.42. The SMILES string of the molecule is O=C(/C=C/c1ccc(-c2ccccc2)o1)NC(=S)Nc1ccc2oc(-c3ccc(F)cc3)nc2c1. The van der Waals surface area contributed by atoms with Gasteiger partial charge in [-0.2, -0.15) is 0 Å². The molecule has 2 N–H and O–H groups in total. The molecular formula is C27H18FN3O3S. The van der Waals surface area contributed by atoms with Gasteiger partial charge in [-0.05, 0) is 72.9 Å². The molecule has 1 amide bonds. The number of halogens is 1. The number of thiocarbonyl (C=S) groups is 1. The van der Waals surface area contributed by atoms with Crippen LogP contribution in [-0.2, 0) is 4.79 Å². The lowest BCUT2D eigenvalue weighted by atomic mass is 10.2. The smallest absolute Gasteiger partial charge is 0.250 e. The van der Waals surface area contributed by atoms with E-state index < -0.39 is 5.91 Å². The maximum atomic E-state index is 13.2. The fourth-order valence-electron chi connectivity index (χ4n) is 3.39. The monoisotopic (exact) mass is 483 g/mol. The highest BCUT2D eigenvalue weighted by Crippen LogP contribution is 2.26. The van der Waals surface area contributed by atoms with Gasteiger partial charge in [0.25, 0.3) is 0 Å². The zero-order chi connectivity index (χ0) is 24.2. The maximum absolute atomic E-state index is 13.2. The summed E-state index contributed by atoms with van der Waals surface area (Å²) in [6.07, 6.45) is 2.92. The van der Waals surface area contributed by atoms with Crippen molar-refractivity contribution in [3.63, 3.8) is 0 Å². The van der Waals surface area contributed by atoms with Crippen molar-refractivity contribution in [3.8, 4) is 22.8 Å². The third-order valence-electron chi connectivity index (χ3n) is 5.06. The third kappa shape index (κ3) is 5.34. The number of anilines is 1. The number of oxazole rings is 1. The van der Waals surface area contributed by atoms with E-state index in [-0.39, 0.29) is 10.9 Å². The summed E-state index contributed by atoms with van der Waals surface area (Å²) >= 11 is 5.25. The molecule has 0 saturated heterocycles. The van der Waals surface area contributed by atoms with Gasteiger partial charge in [0.2, 0.25) is 11.8 Å². The fourth-order valence-corrected chi connectivity index (χ4v) is 3.61. The Bertz CT molecular complexity index is 1540. The van der Waals surface area contributed by atoms with Crippen LogP contribution in [0.4, 0.5) is 10.1 Å². The average molecular weight is 484 g/mol. The van der Waals surface area contributed by atoms with E-state index in [1.165, 1.54) is 18.2 Å². The number of benzene rings is 3. The summed E-state index contributed by atoms with van der Waals surface area (Å²) in [5.74, 6) is 0.913. The standard InChI is InChI=1S/C27H18FN3O3S/c28-19-8-6-18(7-9-19)26-30-22-16-20(10-13-24(22)34-26)29-27(35)31-25(32)15-12-21-11-14-23(33-21)17-4-2-1-3-5-17/h1-16H,(H2,29,31,32,35)/b15-12+. The molecule has 0 unspecified atom stereocenters. The Morgan fingerprint density at radius 2 is 1.71 bits per heavy atom. The lowest BCUT2D eigenvalue weighted by molar-refractivity contribution is -0.115. The Balaban J connectivity index is 1.20. The van der Waals surface area contributed by atoms with E-state index in [4.69, 9.17) is 21.1 Å². The number of aromatic nitrogens is 1. The van der Waals surface area contributed by atoms with Crippen LogP contribution in [0.3, 0.4) is 0 Å². The first-order valence-electron chi connectivity index (χ1n) is 10.7. The molecule has 0 saturated carbocycles. The highest BCUT2D eigenvalue weighted by atomic mass is 32.1. The summed E-state index contributed by atoms with van der Waals surface area (Å²) in [7, 11) is 0. The second kappa shape index (κ2) is 9.74. The Hall–Kier alpha value is -4.56. The van der Waals surface area contributed by atoms with Gasteiger partial charge in [0.1, 0.15) is 22.9 Å². The summed E-state index contributed by atoms with van der Waals surface area (Å²) in [5.41, 5.74) is 3.41. The first kappa shape index (κ1) is 22.2. The number of nitrogens with one attached hydrogen (secondary N) is 2. The number of amides is 1. The molecule has 5 rings (SSSR count). The Morgan fingerprint density at radius 3 is 2.51 bits per heavy atom. The van der Waals surface area contributed by atoms with Gasteiger partial charge in [-0.25, -0.2) is 9.37 Å². The highest BCUT2D eigenvalue weighted by Gasteiger charge is 2.10. The first-order chi connectivity index (χ1) is 17.0. The van der Waals surface area contributed by atoms with Crippen LogP contribution in [0.1, 0.15) is 5.76 Å². The topological polar surface area (TPSA) is 80.3 Å². The number of furan rings is 1. The molecule has 6 nitrogen and oxygen atoms in total. The molecule has 0 radical (unpaired) electrons. The van der Waals surface area contributed by atoms with Crippen LogP contribution < -0.4 is 10.6 Å². The van der Waals surface area contributed by atoms with E-state index in [9.17, 15) is 9.18 Å². The van der Waals surface area contributed by atoms with Crippen LogP contribution in [0.15, 0.2) is 99.8 Å². The van der Waals surface area contributed by atoms with Gasteiger partial charge in [-0.1, -0.05) is 30.3 Å². The second-order valence-electron chi connectivity index (χ2n) is 7.55. The van der Waals surface area contributed by atoms with Gasteiger partial charge >= 0.3 is 0 Å². The maximum Gasteiger partial charge on any atom is 0.250 e. The van der Waals surface area contributed by atoms with E-state index in [2.05, 4.69) is 15.6 Å². The molecule has 2 aromatic heterocycles. The van der Waals surface area contributed by atoms with Crippen molar-refractivity contribution in [2.24, 2.45) is 0 Å². The first-order valence-corrected chi connectivity index (χ1v) is 11.1. The van der Waals surface area contributed by atoms with Crippen LogP contribution in [0, 0.1) is 5.82 Å². The normalized spacial score (nSPS) is 11.1. The quantitative estimate of drug-likeness (QED) is 0.222. The minimum Gasteiger partial charge on any atom is -0.457 e. The number of carbonyl (C=O) groups excluding carboxylic acids is 1. The summed E-state index contributed by atoms with van der Waals surface area (Å²) in [5, 5.41) is 5.68. The minimum absolute atomic E-state index is 0.130. The molecule has 0 spiro atoms. The van der Waals surface area contributed by atoms with Crippen LogP contribution >= 0.6 is 12.2 Å². The molecule has 2 heterocycles. The van der Waals surface area contributed by atoms with Crippen LogP contribution in [0.2, 0.25) is 0 Å². The molecule has 8 heteroatoms. The summed E-state index contributed by atoms with van der Waals surface area (Å²) in [6, 6.07) is 24.5. The van der Waals surface area contributed by atoms with Crippen LogP contribution in [-0.4, -0.2) is 16.0 Å². The zero-order valence-corrected chi connectivity index (χ0v) is 19.0. The zero-order valence-electron chi connectivity index (χ0n) is 18.2. The summed E-state index contributed by atoms with van der Waals surface area (Å²) < 4.78 is 24.7. The molecule has 0 atom stereocenters. The molecule has 0 aliphatic carbocycles. The number of hydrogen-bond acceptors (Lipinski definition) is 5. The van der Waals surface area contributed by atoms with Gasteiger partial charge in [-0.3, -0.25) is 10.1 Å². The molecule has 0 aliphatic heterocycles. The van der Waals surface area contributed by atoms with Gasteiger partial charge in [-0.15, -0.1) is 0 Å². The largest absolute Gasteiger partial charge is 0.457 e. The number of fused-ring (bicyclic) bond motifs is 1. The Kier molecular flexibility index (Phi) is 6.19. The Labute approximate surface area is 205 Å². The van der Waals surface area contributed by atoms with Crippen LogP contribution in [0.25, 0.3) is 40.0 Å². The van der Waals surface area contributed by atoms with E-state index in [1.807, 2.05) is 36.4 Å². The van der Waals surface area contributed by atoms with E-state index in [0.717, 1.165) is 5.56 Å². The van der Waals surface area contributed by atoms with Crippen molar-refractivity contribution in [2.75, 3.05) is 5.32 Å². The van der Waals surface area contributed by atoms with E-state index in [1.54, 1.807) is 42.5 Å². The van der Waals surface area contributed by atoms with Gasteiger partial charge in [0.05, 0.1) is 0 Å². The van der Waals surface area contributed by atoms with Crippen LogP contribution in [0.5, 0.6) is 0 Å². The molecule has 0 fully saturated rings. The lowest BCUT2D eigenvalue weighted by Crippen LogP contribution is -2.32. The molecule has 172 valence electrons. The number of carbonyl (C=O) groups is 1. The number of rotatable bonds is 5. The fraction of sp³-hybridized carbons (Fsp3) is 0. The van der Waals surface area contributed by atoms with Gasteiger partial charge < -0.3 is 14.2 Å². The lowest BCUT2D eigenvalue weighted by Gasteiger charge is -2.07. The molecule has 5 aromatic rings. The Morgan fingerprint density at radius 1 is 0.914 bits per heavy atom. The van der Waals surface area contributed by atoms with Crippen molar-refractivity contribution in [1.82, 2.24) is 10.3 Å². The molecule has 0 bridgehead atoms. The summed E-state index contributed by atoms with van der Waals surface area (Å²) in [4.78, 5) is 16.7. The number of nitrogens with zero attached hydrogens (tertiary/aromatic N) is 1. The third-order valence-corrected chi connectivity index (χ3v) is 5.26. The van der Waals surface area contributed by atoms with Gasteiger partial charge in [0, 0.05) is 22.9 Å². The predicted molar refractivity (Wildman–Crippen MR) is 137 cm³/mol. The molecule has 35 heavy (non-hydrogen) atoms. The van der Waals surface area contributed by atoms with Crippen molar-refractivity contribution in [3.05, 3.63) is 103 Å². The molecule has 3 aromatic carbocycles. The van der Waals surface area contributed by atoms with Gasteiger partial charge in [0.15, 0.2) is 10.7 Å². The summed E-state index contributed by atoms with van der Waals surface area (Å²) in [6.45, 7) is 0. The van der Waals surface area contributed by atoms with E-state index >= 15 is 0 Å². The second-order valence-corrected chi connectivity index (χ2v) is 7.96. The van der Waals surface area contributed by atoms with Crippen molar-refractivity contribution in [1.29, 1.82) is 0 Å². The van der Waals surface area contributed by atoms with Crippen molar-refractivity contribution >= 4 is 46.1 Å².